The average Bonchev–Trinajstić information content (AvgIpc) is 2.81. The predicted octanol–water partition coefficient (Wildman–Crippen LogP) is 2.47. The first-order chi connectivity index (χ1) is 8.11. The predicted molar refractivity (Wildman–Crippen MR) is 63.5 cm³/mol. The van der Waals surface area contributed by atoms with Crippen LogP contribution in [0.5, 0.6) is 0 Å². The number of aromatic nitrogens is 3. The smallest absolute Gasteiger partial charge is 0.141 e. The van der Waals surface area contributed by atoms with Gasteiger partial charge >= 0.3 is 0 Å². The van der Waals surface area contributed by atoms with E-state index in [0.717, 1.165) is 6.42 Å². The van der Waals surface area contributed by atoms with Crippen molar-refractivity contribution in [3.05, 3.63) is 40.9 Å². The van der Waals surface area contributed by atoms with Crippen LogP contribution in [0.15, 0.2) is 24.4 Å². The lowest BCUT2D eigenvalue weighted by atomic mass is 10.2. The molecule has 1 atom stereocenters. The van der Waals surface area contributed by atoms with E-state index >= 15 is 0 Å². The lowest BCUT2D eigenvalue weighted by molar-refractivity contribution is 0.627. The average molecular weight is 255 g/mol. The van der Waals surface area contributed by atoms with Gasteiger partial charge in [-0.25, -0.2) is 9.07 Å². The van der Waals surface area contributed by atoms with E-state index in [1.54, 1.807) is 12.3 Å². The van der Waals surface area contributed by atoms with Gasteiger partial charge in [0.15, 0.2) is 0 Å². The molecule has 1 aromatic carbocycles. The second kappa shape index (κ2) is 4.81. The maximum Gasteiger partial charge on any atom is 0.141 e. The number of nitrogens with zero attached hydrogens (tertiary/aromatic N) is 3. The lowest BCUT2D eigenvalue weighted by Gasteiger charge is -2.03. The Morgan fingerprint density at radius 3 is 2.94 bits per heavy atom. The van der Waals surface area contributed by atoms with Gasteiger partial charge in [0.1, 0.15) is 5.82 Å². The molecule has 0 saturated carbocycles. The fraction of sp³-hybridized carbons (Fsp3) is 0.273. The molecule has 0 saturated heterocycles. The van der Waals surface area contributed by atoms with Crippen LogP contribution in [-0.4, -0.2) is 15.0 Å². The zero-order valence-electron chi connectivity index (χ0n) is 9.27. The highest BCUT2D eigenvalue weighted by Gasteiger charge is 2.10. The molecule has 0 aliphatic heterocycles. The van der Waals surface area contributed by atoms with E-state index in [1.807, 2.05) is 6.92 Å². The van der Waals surface area contributed by atoms with Crippen molar-refractivity contribution >= 4 is 11.6 Å². The minimum absolute atomic E-state index is 0.0549. The van der Waals surface area contributed by atoms with E-state index in [-0.39, 0.29) is 11.1 Å². The molecule has 2 N–H and O–H groups in total. The summed E-state index contributed by atoms with van der Waals surface area (Å²) in [6, 6.07) is 4.22. The largest absolute Gasteiger partial charge is 0.323 e. The molecule has 0 radical (unpaired) electrons. The molecule has 0 aliphatic carbocycles. The summed E-state index contributed by atoms with van der Waals surface area (Å²) < 4.78 is 14.5. The van der Waals surface area contributed by atoms with Crippen LogP contribution in [0.1, 0.15) is 25.1 Å². The molecule has 17 heavy (non-hydrogen) atoms. The van der Waals surface area contributed by atoms with Gasteiger partial charge in [0, 0.05) is 0 Å². The van der Waals surface area contributed by atoms with Crippen LogP contribution in [-0.2, 0) is 0 Å². The van der Waals surface area contributed by atoms with Gasteiger partial charge in [0.2, 0.25) is 0 Å². The van der Waals surface area contributed by atoms with E-state index in [0.29, 0.717) is 11.4 Å². The summed E-state index contributed by atoms with van der Waals surface area (Å²) in [4.78, 5) is 0. The Labute approximate surface area is 103 Å². The minimum atomic E-state index is -0.457. The normalized spacial score (nSPS) is 12.7. The summed E-state index contributed by atoms with van der Waals surface area (Å²) in [5.41, 5.74) is 7.19. The van der Waals surface area contributed by atoms with Crippen LogP contribution >= 0.6 is 11.6 Å². The molecule has 0 bridgehead atoms. The molecule has 2 aromatic rings. The van der Waals surface area contributed by atoms with E-state index in [1.165, 1.54) is 16.8 Å². The monoisotopic (exact) mass is 254 g/mol. The Morgan fingerprint density at radius 2 is 2.29 bits per heavy atom. The van der Waals surface area contributed by atoms with Gasteiger partial charge in [0.05, 0.1) is 28.6 Å². The van der Waals surface area contributed by atoms with E-state index < -0.39 is 5.82 Å². The van der Waals surface area contributed by atoms with Crippen molar-refractivity contribution in [2.24, 2.45) is 5.73 Å². The molecule has 0 spiro atoms. The molecule has 1 aromatic heterocycles. The molecule has 90 valence electrons. The number of benzene rings is 1. The lowest BCUT2D eigenvalue weighted by Crippen LogP contribution is -2.08. The molecular formula is C11H12ClFN4. The Balaban J connectivity index is 2.33. The third-order valence-electron chi connectivity index (χ3n) is 2.50. The minimum Gasteiger partial charge on any atom is -0.323 e. The standard InChI is InChI=1S/C11H12ClFN4/c1-2-10(14)11-6-17(16-15-11)7-3-4-9(13)8(12)5-7/h3-6,10H,2,14H2,1H3. The van der Waals surface area contributed by atoms with Gasteiger partial charge in [-0.05, 0) is 24.6 Å². The highest BCUT2D eigenvalue weighted by Crippen LogP contribution is 2.19. The number of nitrogens with two attached hydrogens (primary N) is 1. The van der Waals surface area contributed by atoms with Crippen molar-refractivity contribution in [1.29, 1.82) is 0 Å². The summed E-state index contributed by atoms with van der Waals surface area (Å²) in [6.45, 7) is 1.97. The van der Waals surface area contributed by atoms with Crippen LogP contribution < -0.4 is 5.73 Å². The van der Waals surface area contributed by atoms with Crippen molar-refractivity contribution in [2.75, 3.05) is 0 Å². The molecule has 1 unspecified atom stereocenters. The molecule has 0 fully saturated rings. The fourth-order valence-corrected chi connectivity index (χ4v) is 1.58. The Kier molecular flexibility index (Phi) is 3.40. The summed E-state index contributed by atoms with van der Waals surface area (Å²) in [7, 11) is 0. The summed E-state index contributed by atoms with van der Waals surface area (Å²) in [5.74, 6) is -0.457. The van der Waals surface area contributed by atoms with Crippen LogP contribution in [0.25, 0.3) is 5.69 Å². The quantitative estimate of drug-likeness (QED) is 0.915. The van der Waals surface area contributed by atoms with Gasteiger partial charge in [-0.15, -0.1) is 5.10 Å². The Morgan fingerprint density at radius 1 is 1.53 bits per heavy atom. The molecule has 1 heterocycles. The topological polar surface area (TPSA) is 56.7 Å². The Bertz CT molecular complexity index is 526. The third kappa shape index (κ3) is 2.45. The first-order valence-electron chi connectivity index (χ1n) is 5.25. The van der Waals surface area contributed by atoms with Gasteiger partial charge in [0.25, 0.3) is 0 Å². The van der Waals surface area contributed by atoms with Crippen molar-refractivity contribution < 1.29 is 4.39 Å². The van der Waals surface area contributed by atoms with Crippen molar-refractivity contribution in [2.45, 2.75) is 19.4 Å². The Hall–Kier alpha value is -1.46. The second-order valence-electron chi connectivity index (χ2n) is 3.70. The number of rotatable bonds is 3. The van der Waals surface area contributed by atoms with Crippen LogP contribution in [0.2, 0.25) is 5.02 Å². The van der Waals surface area contributed by atoms with Crippen LogP contribution in [0.3, 0.4) is 0 Å². The summed E-state index contributed by atoms with van der Waals surface area (Å²) in [5, 5.41) is 7.95. The molecule has 4 nitrogen and oxygen atoms in total. The number of hydrogen-bond donors (Lipinski definition) is 1. The van der Waals surface area contributed by atoms with Gasteiger partial charge in [-0.3, -0.25) is 0 Å². The number of hydrogen-bond acceptors (Lipinski definition) is 3. The van der Waals surface area contributed by atoms with Crippen LogP contribution in [0.4, 0.5) is 4.39 Å². The third-order valence-corrected chi connectivity index (χ3v) is 2.79. The maximum atomic E-state index is 13.0. The molecule has 6 heteroatoms. The van der Waals surface area contributed by atoms with E-state index in [9.17, 15) is 4.39 Å². The molecule has 2 rings (SSSR count). The summed E-state index contributed by atoms with van der Waals surface area (Å²) in [6.07, 6.45) is 2.50. The molecular weight excluding hydrogens is 243 g/mol. The van der Waals surface area contributed by atoms with E-state index in [4.69, 9.17) is 17.3 Å². The summed E-state index contributed by atoms with van der Waals surface area (Å²) >= 11 is 5.70. The second-order valence-corrected chi connectivity index (χ2v) is 4.11. The SMILES string of the molecule is CCC(N)c1cn(-c2ccc(F)c(Cl)c2)nn1. The first-order valence-corrected chi connectivity index (χ1v) is 5.63. The fourth-order valence-electron chi connectivity index (χ4n) is 1.41. The zero-order chi connectivity index (χ0) is 12.4. The first kappa shape index (κ1) is 12.0. The highest BCUT2D eigenvalue weighted by atomic mass is 35.5. The van der Waals surface area contributed by atoms with Gasteiger partial charge in [-0.2, -0.15) is 0 Å². The molecule has 0 aliphatic rings. The maximum absolute atomic E-state index is 13.0. The highest BCUT2D eigenvalue weighted by molar-refractivity contribution is 6.30. The van der Waals surface area contributed by atoms with E-state index in [2.05, 4.69) is 10.3 Å². The van der Waals surface area contributed by atoms with Gasteiger partial charge < -0.3 is 5.73 Å². The van der Waals surface area contributed by atoms with Crippen molar-refractivity contribution in [3.8, 4) is 5.69 Å². The van der Waals surface area contributed by atoms with Crippen LogP contribution in [0, 0.1) is 5.82 Å². The van der Waals surface area contributed by atoms with Crippen molar-refractivity contribution in [3.63, 3.8) is 0 Å². The number of halogens is 2. The molecule has 0 amide bonds. The van der Waals surface area contributed by atoms with Gasteiger partial charge in [-0.1, -0.05) is 23.7 Å². The zero-order valence-corrected chi connectivity index (χ0v) is 10.0. The van der Waals surface area contributed by atoms with Crippen molar-refractivity contribution in [1.82, 2.24) is 15.0 Å².